The maximum atomic E-state index is 12.5. The molecule has 3 aromatic carbocycles. The molecule has 8 heteroatoms. The summed E-state index contributed by atoms with van der Waals surface area (Å²) in [5.74, 6) is 0.445. The monoisotopic (exact) mass is 505 g/mol. The molecule has 0 saturated carbocycles. The molecule has 2 amide bonds. The number of rotatable bonds is 12. The van der Waals surface area contributed by atoms with Crippen molar-refractivity contribution in [1.29, 1.82) is 0 Å². The number of nitrogens with one attached hydrogen (secondary N) is 2. The Hall–Kier alpha value is -4.04. The summed E-state index contributed by atoms with van der Waals surface area (Å²) in [7, 11) is 4.00. The molecule has 0 saturated heterocycles. The summed E-state index contributed by atoms with van der Waals surface area (Å²) < 4.78 is 11.4. The van der Waals surface area contributed by atoms with Crippen LogP contribution < -0.4 is 15.4 Å². The Balaban J connectivity index is 1.50. The maximum Gasteiger partial charge on any atom is 0.408 e. The van der Waals surface area contributed by atoms with Crippen LogP contribution in [0.1, 0.15) is 47.4 Å². The molecule has 0 aliphatic heterocycles. The first kappa shape index (κ1) is 27.5. The van der Waals surface area contributed by atoms with Gasteiger partial charge in [0.2, 0.25) is 0 Å². The van der Waals surface area contributed by atoms with Crippen molar-refractivity contribution in [3.05, 3.63) is 89.5 Å². The van der Waals surface area contributed by atoms with Gasteiger partial charge in [0.1, 0.15) is 24.2 Å². The molecule has 8 nitrogen and oxygen atoms in total. The fourth-order valence-electron chi connectivity index (χ4n) is 3.57. The van der Waals surface area contributed by atoms with E-state index in [1.165, 1.54) is 6.07 Å². The topological polar surface area (TPSA) is 100 Å². The Morgan fingerprint density at radius 3 is 2.32 bits per heavy atom. The summed E-state index contributed by atoms with van der Waals surface area (Å²) in [5, 5.41) is 15.3. The minimum atomic E-state index is -0.508. The number of ether oxygens (including phenoxy) is 2. The second-order valence-corrected chi connectivity index (χ2v) is 8.93. The second-order valence-electron chi connectivity index (χ2n) is 8.93. The minimum absolute atomic E-state index is 0.000779. The number of carbonyl (C=O) groups is 2. The third-order valence-corrected chi connectivity index (χ3v) is 5.66. The van der Waals surface area contributed by atoms with Gasteiger partial charge in [-0.3, -0.25) is 4.79 Å². The van der Waals surface area contributed by atoms with E-state index >= 15 is 0 Å². The van der Waals surface area contributed by atoms with Crippen molar-refractivity contribution >= 4 is 17.7 Å². The van der Waals surface area contributed by atoms with E-state index in [1.54, 1.807) is 42.5 Å². The van der Waals surface area contributed by atoms with Crippen LogP contribution in [-0.2, 0) is 11.3 Å². The van der Waals surface area contributed by atoms with E-state index in [0.717, 1.165) is 29.8 Å². The molecule has 0 bridgehead atoms. The number of likely N-dealkylation sites (N-methyl/N-ethyl adjacent to an activating group) is 1. The number of carbonyl (C=O) groups excluding carboxylic acids is 2. The Kier molecular flexibility index (Phi) is 10.3. The number of para-hydroxylation sites is 2. The number of hydrogen-bond acceptors (Lipinski definition) is 6. The van der Waals surface area contributed by atoms with Gasteiger partial charge in [0, 0.05) is 18.7 Å². The van der Waals surface area contributed by atoms with Crippen LogP contribution >= 0.6 is 0 Å². The zero-order valence-corrected chi connectivity index (χ0v) is 21.6. The smallest absolute Gasteiger partial charge is 0.408 e. The molecule has 0 aliphatic carbocycles. The first-order valence-electron chi connectivity index (χ1n) is 12.4. The van der Waals surface area contributed by atoms with E-state index < -0.39 is 6.09 Å². The van der Waals surface area contributed by atoms with Gasteiger partial charge in [-0.15, -0.1) is 0 Å². The van der Waals surface area contributed by atoms with Crippen molar-refractivity contribution in [1.82, 2.24) is 10.2 Å². The van der Waals surface area contributed by atoms with Crippen LogP contribution in [0.5, 0.6) is 11.5 Å². The second kappa shape index (κ2) is 13.9. The molecular weight excluding hydrogens is 470 g/mol. The molecule has 3 aromatic rings. The number of alkyl carbamates (subject to hydrolysis) is 1. The molecule has 196 valence electrons. The average molecular weight is 506 g/mol. The quantitative estimate of drug-likeness (QED) is 0.287. The lowest BCUT2D eigenvalue weighted by Gasteiger charge is -2.19. The number of phenols is 1. The van der Waals surface area contributed by atoms with Gasteiger partial charge in [-0.05, 0) is 68.0 Å². The van der Waals surface area contributed by atoms with E-state index in [9.17, 15) is 14.7 Å². The lowest BCUT2D eigenvalue weighted by molar-refractivity contribution is 0.0915. The maximum absolute atomic E-state index is 12.5. The highest BCUT2D eigenvalue weighted by Crippen LogP contribution is 2.25. The number of anilines is 1. The van der Waals surface area contributed by atoms with Crippen LogP contribution in [0.4, 0.5) is 10.5 Å². The largest absolute Gasteiger partial charge is 0.506 e. The highest BCUT2D eigenvalue weighted by Gasteiger charge is 2.16. The van der Waals surface area contributed by atoms with E-state index in [4.69, 9.17) is 9.47 Å². The Labute approximate surface area is 218 Å². The molecule has 37 heavy (non-hydrogen) atoms. The predicted octanol–water partition coefficient (Wildman–Crippen LogP) is 5.35. The zero-order chi connectivity index (χ0) is 26.6. The number of benzene rings is 3. The van der Waals surface area contributed by atoms with E-state index in [1.807, 2.05) is 45.3 Å². The lowest BCUT2D eigenvalue weighted by atomic mass is 10.1. The molecule has 0 fully saturated rings. The minimum Gasteiger partial charge on any atom is -0.506 e. The molecule has 0 heterocycles. The summed E-state index contributed by atoms with van der Waals surface area (Å²) in [4.78, 5) is 27.0. The molecule has 0 aromatic heterocycles. The van der Waals surface area contributed by atoms with E-state index in [0.29, 0.717) is 24.3 Å². The van der Waals surface area contributed by atoms with E-state index in [2.05, 4.69) is 15.5 Å². The van der Waals surface area contributed by atoms with Gasteiger partial charge in [0.25, 0.3) is 5.91 Å². The number of phenolic OH excluding ortho intramolecular Hbond substituents is 1. The van der Waals surface area contributed by atoms with Gasteiger partial charge in [-0.25, -0.2) is 4.79 Å². The molecule has 3 N–H and O–H groups in total. The van der Waals surface area contributed by atoms with Crippen molar-refractivity contribution in [2.75, 3.05) is 32.6 Å². The van der Waals surface area contributed by atoms with Gasteiger partial charge < -0.3 is 30.1 Å². The summed E-state index contributed by atoms with van der Waals surface area (Å²) in [6.07, 6.45) is 0.700. The third-order valence-electron chi connectivity index (χ3n) is 5.66. The first-order chi connectivity index (χ1) is 17.9. The Morgan fingerprint density at radius 1 is 0.973 bits per heavy atom. The fraction of sp³-hybridized carbons (Fsp3) is 0.310. The summed E-state index contributed by atoms with van der Waals surface area (Å²) in [6.45, 7) is 3.74. The zero-order valence-electron chi connectivity index (χ0n) is 21.6. The number of aromatic hydroxyl groups is 1. The Bertz CT molecular complexity index is 1150. The van der Waals surface area contributed by atoms with Crippen molar-refractivity contribution < 1.29 is 24.2 Å². The average Bonchev–Trinajstić information content (AvgIpc) is 2.89. The fourth-order valence-corrected chi connectivity index (χ4v) is 3.57. The molecule has 0 unspecified atom stereocenters. The first-order valence-corrected chi connectivity index (χ1v) is 12.4. The van der Waals surface area contributed by atoms with Crippen LogP contribution in [0.3, 0.4) is 0 Å². The molecule has 0 spiro atoms. The van der Waals surface area contributed by atoms with Crippen molar-refractivity contribution in [2.24, 2.45) is 0 Å². The van der Waals surface area contributed by atoms with Gasteiger partial charge in [-0.2, -0.15) is 0 Å². The van der Waals surface area contributed by atoms with Crippen molar-refractivity contribution in [3.63, 3.8) is 0 Å². The SMILES string of the molecule is CCC[C@@H](OC(=O)NCc1ccc(C(=O)Nc2ccccc2O)cc1)c1ccc(OCCN(C)C)cc1. The van der Waals surface area contributed by atoms with Crippen molar-refractivity contribution in [3.8, 4) is 11.5 Å². The number of nitrogens with zero attached hydrogens (tertiary/aromatic N) is 1. The van der Waals surface area contributed by atoms with Crippen LogP contribution in [0, 0.1) is 0 Å². The highest BCUT2D eigenvalue weighted by molar-refractivity contribution is 6.05. The van der Waals surface area contributed by atoms with Gasteiger partial charge >= 0.3 is 6.09 Å². The Morgan fingerprint density at radius 2 is 1.68 bits per heavy atom. The van der Waals surface area contributed by atoms with Gasteiger partial charge in [0.15, 0.2) is 0 Å². The molecular formula is C29H35N3O5. The highest BCUT2D eigenvalue weighted by atomic mass is 16.6. The summed E-state index contributed by atoms with van der Waals surface area (Å²) in [5.41, 5.74) is 2.51. The number of amides is 2. The predicted molar refractivity (Wildman–Crippen MR) is 144 cm³/mol. The number of hydrogen-bond donors (Lipinski definition) is 3. The molecule has 1 atom stereocenters. The molecule has 3 rings (SSSR count). The normalized spacial score (nSPS) is 11.6. The molecule has 0 aliphatic rings. The van der Waals surface area contributed by atoms with Crippen LogP contribution in [-0.4, -0.2) is 49.3 Å². The van der Waals surface area contributed by atoms with Gasteiger partial charge in [-0.1, -0.05) is 49.7 Å². The summed E-state index contributed by atoms with van der Waals surface area (Å²) >= 11 is 0. The summed E-state index contributed by atoms with van der Waals surface area (Å²) in [6, 6.07) is 21.0. The van der Waals surface area contributed by atoms with Crippen molar-refractivity contribution in [2.45, 2.75) is 32.4 Å². The van der Waals surface area contributed by atoms with Crippen LogP contribution in [0.2, 0.25) is 0 Å². The third kappa shape index (κ3) is 8.84. The van der Waals surface area contributed by atoms with E-state index in [-0.39, 0.29) is 24.3 Å². The standard InChI is InChI=1S/C29H35N3O5/c1-4-7-27(22-14-16-24(17-15-22)36-19-18-32(2)3)37-29(35)30-20-21-10-12-23(13-11-21)28(34)31-25-8-5-6-9-26(25)33/h5-6,8-17,27,33H,4,7,18-20H2,1-3H3,(H,30,35)(H,31,34)/t27-/m1/s1. The van der Waals surface area contributed by atoms with Crippen LogP contribution in [0.25, 0.3) is 0 Å². The van der Waals surface area contributed by atoms with Crippen LogP contribution in [0.15, 0.2) is 72.8 Å². The van der Waals surface area contributed by atoms with Gasteiger partial charge in [0.05, 0.1) is 5.69 Å². The lowest BCUT2D eigenvalue weighted by Crippen LogP contribution is -2.25. The molecule has 0 radical (unpaired) electrons.